The molecule has 1 rings (SSSR count). The topological polar surface area (TPSA) is 84.3 Å². The average molecular weight is 217 g/mol. The number of hydrogen-bond donors (Lipinski definition) is 2. The summed E-state index contributed by atoms with van der Waals surface area (Å²) in [7, 11) is 1.35. The predicted octanol–water partition coefficient (Wildman–Crippen LogP) is 0.358. The molecule has 0 aliphatic heterocycles. The van der Waals surface area contributed by atoms with Gasteiger partial charge >= 0.3 is 5.97 Å². The summed E-state index contributed by atoms with van der Waals surface area (Å²) in [6.07, 6.45) is -0.862. The van der Waals surface area contributed by atoms with Crippen LogP contribution in [-0.4, -0.2) is 41.0 Å². The average Bonchev–Trinajstić information content (AvgIpc) is 2.52. The van der Waals surface area contributed by atoms with Crippen molar-refractivity contribution in [3.8, 4) is 0 Å². The zero-order valence-electron chi connectivity index (χ0n) is 7.85. The van der Waals surface area contributed by atoms with E-state index < -0.39 is 12.1 Å². The normalized spacial score (nSPS) is 12.4. The molecule has 0 saturated heterocycles. The zero-order chi connectivity index (χ0) is 10.6. The minimum atomic E-state index is -0.999. The van der Waals surface area contributed by atoms with E-state index in [1.165, 1.54) is 18.4 Å². The number of aryl methyl sites for hydroxylation is 1. The minimum absolute atomic E-state index is 0.181. The third-order valence-corrected chi connectivity index (χ3v) is 2.32. The van der Waals surface area contributed by atoms with Crippen LogP contribution in [0.1, 0.15) is 5.01 Å². The standard InChI is InChI=1S/C7H11N3O3S/c1-4-9-10-7(14-4)8-3-5(13-2)6(11)12/h5H,3H2,1-2H3,(H,8,10)(H,11,12). The van der Waals surface area contributed by atoms with Gasteiger partial charge in [-0.3, -0.25) is 0 Å². The second-order valence-electron chi connectivity index (χ2n) is 2.57. The third kappa shape index (κ3) is 2.93. The van der Waals surface area contributed by atoms with Crippen LogP contribution in [0.25, 0.3) is 0 Å². The number of rotatable bonds is 5. The molecule has 1 aromatic rings. The van der Waals surface area contributed by atoms with Gasteiger partial charge in [0.05, 0.1) is 6.54 Å². The lowest BCUT2D eigenvalue weighted by atomic mass is 10.3. The van der Waals surface area contributed by atoms with E-state index in [0.29, 0.717) is 5.13 Å². The fourth-order valence-electron chi connectivity index (χ4n) is 0.819. The van der Waals surface area contributed by atoms with E-state index in [2.05, 4.69) is 15.5 Å². The van der Waals surface area contributed by atoms with Crippen molar-refractivity contribution in [3.63, 3.8) is 0 Å². The first-order chi connectivity index (χ1) is 6.63. The van der Waals surface area contributed by atoms with Crippen molar-refractivity contribution in [2.45, 2.75) is 13.0 Å². The Balaban J connectivity index is 2.43. The van der Waals surface area contributed by atoms with E-state index in [4.69, 9.17) is 9.84 Å². The maximum atomic E-state index is 10.6. The molecule has 7 heteroatoms. The summed E-state index contributed by atoms with van der Waals surface area (Å²) in [4.78, 5) is 10.6. The Morgan fingerprint density at radius 1 is 1.71 bits per heavy atom. The number of nitrogens with one attached hydrogen (secondary N) is 1. The van der Waals surface area contributed by atoms with Crippen LogP contribution in [0, 0.1) is 6.92 Å². The van der Waals surface area contributed by atoms with E-state index in [1.807, 2.05) is 6.92 Å². The van der Waals surface area contributed by atoms with Gasteiger partial charge in [-0.1, -0.05) is 11.3 Å². The zero-order valence-corrected chi connectivity index (χ0v) is 8.67. The molecule has 0 spiro atoms. The van der Waals surface area contributed by atoms with Crippen molar-refractivity contribution in [2.24, 2.45) is 0 Å². The molecule has 14 heavy (non-hydrogen) atoms. The molecule has 0 fully saturated rings. The van der Waals surface area contributed by atoms with Gasteiger partial charge in [-0.25, -0.2) is 4.79 Å². The lowest BCUT2D eigenvalue weighted by Crippen LogP contribution is -2.30. The number of anilines is 1. The Hall–Kier alpha value is -1.21. The van der Waals surface area contributed by atoms with Gasteiger partial charge < -0.3 is 15.2 Å². The SMILES string of the molecule is COC(CNc1nnc(C)s1)C(=O)O. The third-order valence-electron chi connectivity index (χ3n) is 1.52. The molecular formula is C7H11N3O3S. The lowest BCUT2D eigenvalue weighted by Gasteiger charge is -2.09. The quantitative estimate of drug-likeness (QED) is 0.740. The Bertz CT molecular complexity index is 315. The number of carbonyl (C=O) groups is 1. The fraction of sp³-hybridized carbons (Fsp3) is 0.571. The summed E-state index contributed by atoms with van der Waals surface area (Å²) in [6.45, 7) is 2.01. The first kappa shape index (κ1) is 10.9. The van der Waals surface area contributed by atoms with Crippen LogP contribution >= 0.6 is 11.3 Å². The van der Waals surface area contributed by atoms with Crippen LogP contribution < -0.4 is 5.32 Å². The van der Waals surface area contributed by atoms with Crippen LogP contribution in [0.2, 0.25) is 0 Å². The summed E-state index contributed by atoms with van der Waals surface area (Å²) in [5.41, 5.74) is 0. The van der Waals surface area contributed by atoms with Crippen molar-refractivity contribution in [1.82, 2.24) is 10.2 Å². The van der Waals surface area contributed by atoms with E-state index in [1.54, 1.807) is 0 Å². The summed E-state index contributed by atoms with van der Waals surface area (Å²) in [6, 6.07) is 0. The maximum Gasteiger partial charge on any atom is 0.334 e. The number of carboxylic acids is 1. The van der Waals surface area contributed by atoms with Gasteiger partial charge in [-0.15, -0.1) is 10.2 Å². The molecule has 2 N–H and O–H groups in total. The number of nitrogens with zero attached hydrogens (tertiary/aromatic N) is 2. The maximum absolute atomic E-state index is 10.6. The van der Waals surface area contributed by atoms with Gasteiger partial charge in [0.1, 0.15) is 5.01 Å². The van der Waals surface area contributed by atoms with Crippen LogP contribution in [0.4, 0.5) is 5.13 Å². The van der Waals surface area contributed by atoms with Gasteiger partial charge in [0.25, 0.3) is 0 Å². The summed E-state index contributed by atoms with van der Waals surface area (Å²) in [5, 5.41) is 20.5. The van der Waals surface area contributed by atoms with E-state index >= 15 is 0 Å². The molecule has 1 aromatic heterocycles. The summed E-state index contributed by atoms with van der Waals surface area (Å²) < 4.78 is 4.73. The smallest absolute Gasteiger partial charge is 0.334 e. The monoisotopic (exact) mass is 217 g/mol. The van der Waals surface area contributed by atoms with Gasteiger partial charge in [-0.05, 0) is 6.92 Å². The molecule has 1 atom stereocenters. The Labute approximate surface area is 84.9 Å². The summed E-state index contributed by atoms with van der Waals surface area (Å²) >= 11 is 1.37. The molecule has 0 aliphatic carbocycles. The number of ether oxygens (including phenoxy) is 1. The van der Waals surface area contributed by atoms with E-state index in [9.17, 15) is 4.79 Å². The number of methoxy groups -OCH3 is 1. The van der Waals surface area contributed by atoms with E-state index in [0.717, 1.165) is 5.01 Å². The van der Waals surface area contributed by atoms with Gasteiger partial charge in [-0.2, -0.15) is 0 Å². The highest BCUT2D eigenvalue weighted by atomic mass is 32.1. The van der Waals surface area contributed by atoms with Crippen LogP contribution in [0.3, 0.4) is 0 Å². The van der Waals surface area contributed by atoms with Crippen molar-refractivity contribution in [3.05, 3.63) is 5.01 Å². The predicted molar refractivity (Wildman–Crippen MR) is 51.6 cm³/mol. The Kier molecular flexibility index (Phi) is 3.78. The molecule has 1 heterocycles. The molecule has 0 amide bonds. The van der Waals surface area contributed by atoms with Crippen molar-refractivity contribution in [2.75, 3.05) is 19.0 Å². The number of aliphatic carboxylic acids is 1. The molecular weight excluding hydrogens is 206 g/mol. The van der Waals surface area contributed by atoms with Gasteiger partial charge in [0, 0.05) is 7.11 Å². The Morgan fingerprint density at radius 3 is 2.86 bits per heavy atom. The molecule has 1 unspecified atom stereocenters. The number of hydrogen-bond acceptors (Lipinski definition) is 6. The minimum Gasteiger partial charge on any atom is -0.479 e. The summed E-state index contributed by atoms with van der Waals surface area (Å²) in [5.74, 6) is -0.999. The van der Waals surface area contributed by atoms with Crippen molar-refractivity contribution < 1.29 is 14.6 Å². The Morgan fingerprint density at radius 2 is 2.43 bits per heavy atom. The second kappa shape index (κ2) is 4.87. The van der Waals surface area contributed by atoms with Crippen molar-refractivity contribution >= 4 is 22.4 Å². The second-order valence-corrected chi connectivity index (χ2v) is 3.75. The first-order valence-corrected chi connectivity index (χ1v) is 4.74. The van der Waals surface area contributed by atoms with Crippen LogP contribution in [-0.2, 0) is 9.53 Å². The highest BCUT2D eigenvalue weighted by molar-refractivity contribution is 7.15. The van der Waals surface area contributed by atoms with Gasteiger partial charge in [0.15, 0.2) is 6.10 Å². The molecule has 0 radical (unpaired) electrons. The highest BCUT2D eigenvalue weighted by Crippen LogP contribution is 2.13. The molecule has 0 aliphatic rings. The molecule has 6 nitrogen and oxygen atoms in total. The molecule has 0 aromatic carbocycles. The van der Waals surface area contributed by atoms with E-state index in [-0.39, 0.29) is 6.54 Å². The largest absolute Gasteiger partial charge is 0.479 e. The first-order valence-electron chi connectivity index (χ1n) is 3.93. The molecule has 0 saturated carbocycles. The number of carboxylic acid groups (broad SMARTS) is 1. The number of aromatic nitrogens is 2. The van der Waals surface area contributed by atoms with Gasteiger partial charge in [0.2, 0.25) is 5.13 Å². The van der Waals surface area contributed by atoms with Crippen LogP contribution in [0.15, 0.2) is 0 Å². The van der Waals surface area contributed by atoms with Crippen molar-refractivity contribution in [1.29, 1.82) is 0 Å². The molecule has 0 bridgehead atoms. The fourth-order valence-corrected chi connectivity index (χ4v) is 1.42. The molecule has 78 valence electrons. The lowest BCUT2D eigenvalue weighted by molar-refractivity contribution is -0.147. The van der Waals surface area contributed by atoms with Crippen LogP contribution in [0.5, 0.6) is 0 Å². The highest BCUT2D eigenvalue weighted by Gasteiger charge is 2.16.